The molecule has 0 saturated heterocycles. The summed E-state index contributed by atoms with van der Waals surface area (Å²) in [5.41, 5.74) is 0.0202. The Morgan fingerprint density at radius 3 is 2.33 bits per heavy atom. The number of rotatable bonds is 4. The fourth-order valence-corrected chi connectivity index (χ4v) is 6.54. The van der Waals surface area contributed by atoms with Crippen molar-refractivity contribution in [3.8, 4) is 0 Å². The van der Waals surface area contributed by atoms with Gasteiger partial charge in [0, 0.05) is 24.9 Å². The van der Waals surface area contributed by atoms with Crippen molar-refractivity contribution in [2.75, 3.05) is 0 Å². The maximum absolute atomic E-state index is 13.2. The van der Waals surface area contributed by atoms with Gasteiger partial charge in [-0.3, -0.25) is 4.79 Å². The van der Waals surface area contributed by atoms with Crippen LogP contribution in [0.4, 0.5) is 0 Å². The lowest BCUT2D eigenvalue weighted by Crippen LogP contribution is -2.51. The highest BCUT2D eigenvalue weighted by atomic mass is 32.2. The summed E-state index contributed by atoms with van der Waals surface area (Å²) in [7, 11) is 2.00. The number of carbonyl (C=O) groups is 1. The second-order valence-corrected chi connectivity index (χ2v) is 8.95. The smallest absolute Gasteiger partial charge is 0.168 e. The van der Waals surface area contributed by atoms with Crippen LogP contribution in [0.2, 0.25) is 0 Å². The first-order valence-electron chi connectivity index (χ1n) is 8.24. The van der Waals surface area contributed by atoms with Gasteiger partial charge >= 0.3 is 0 Å². The van der Waals surface area contributed by atoms with Crippen LogP contribution in [0, 0.1) is 23.2 Å². The molecule has 0 radical (unpaired) electrons. The topological polar surface area (TPSA) is 34.9 Å². The molecule has 21 heavy (non-hydrogen) atoms. The molecule has 1 atom stereocenters. The van der Waals surface area contributed by atoms with Gasteiger partial charge in [0.05, 0.1) is 5.25 Å². The first-order chi connectivity index (χ1) is 10.1. The highest BCUT2D eigenvalue weighted by Crippen LogP contribution is 2.61. The molecule has 114 valence electrons. The standard InChI is InChI=1S/C17H24N2OS/c1-11(21-16-18-3-4-19(16)2)15(20)17-8-12-5-13(9-17)7-14(6-12)10-17/h3-4,11-14H,5-10H2,1-2H3/t11-,12?,13?,14?,17?/m0/s1. The predicted octanol–water partition coefficient (Wildman–Crippen LogP) is 3.69. The largest absolute Gasteiger partial charge is 0.329 e. The van der Waals surface area contributed by atoms with Crippen LogP contribution < -0.4 is 0 Å². The van der Waals surface area contributed by atoms with Gasteiger partial charge in [-0.1, -0.05) is 11.8 Å². The van der Waals surface area contributed by atoms with Gasteiger partial charge in [-0.15, -0.1) is 0 Å². The van der Waals surface area contributed by atoms with Crippen LogP contribution in [-0.4, -0.2) is 20.6 Å². The number of nitrogens with zero attached hydrogens (tertiary/aromatic N) is 2. The van der Waals surface area contributed by atoms with E-state index in [1.165, 1.54) is 38.5 Å². The maximum atomic E-state index is 13.2. The van der Waals surface area contributed by atoms with Crippen LogP contribution >= 0.6 is 11.8 Å². The molecule has 4 bridgehead atoms. The number of aryl methyl sites for hydroxylation is 1. The van der Waals surface area contributed by atoms with E-state index in [-0.39, 0.29) is 10.7 Å². The van der Waals surface area contributed by atoms with Gasteiger partial charge in [-0.05, 0) is 63.2 Å². The first kappa shape index (κ1) is 13.9. The molecular formula is C17H24N2OS. The summed E-state index contributed by atoms with van der Waals surface area (Å²) in [5, 5.41) is 0.989. The molecule has 0 N–H and O–H groups in total. The molecular weight excluding hydrogens is 280 g/mol. The Hall–Kier alpha value is -0.770. The summed E-state index contributed by atoms with van der Waals surface area (Å²) in [4.78, 5) is 17.5. The lowest BCUT2D eigenvalue weighted by Gasteiger charge is -2.56. The zero-order valence-electron chi connectivity index (χ0n) is 12.9. The van der Waals surface area contributed by atoms with E-state index in [4.69, 9.17) is 0 Å². The van der Waals surface area contributed by atoms with E-state index >= 15 is 0 Å². The molecule has 1 aromatic rings. The van der Waals surface area contributed by atoms with Crippen LogP contribution in [-0.2, 0) is 11.8 Å². The number of carbonyl (C=O) groups excluding carboxylic acids is 1. The van der Waals surface area contributed by atoms with Gasteiger partial charge in [0.1, 0.15) is 0 Å². The number of Topliss-reactive ketones (excluding diaryl/α,β-unsaturated/α-hetero) is 1. The average Bonchev–Trinajstić information content (AvgIpc) is 2.82. The molecule has 1 aromatic heterocycles. The summed E-state index contributed by atoms with van der Waals surface area (Å²) in [6, 6.07) is 0. The van der Waals surface area contributed by atoms with Crippen molar-refractivity contribution in [3.05, 3.63) is 12.4 Å². The lowest BCUT2D eigenvalue weighted by molar-refractivity contribution is -0.142. The molecule has 0 unspecified atom stereocenters. The van der Waals surface area contributed by atoms with E-state index in [0.717, 1.165) is 22.9 Å². The van der Waals surface area contributed by atoms with Crippen molar-refractivity contribution in [2.24, 2.45) is 30.2 Å². The molecule has 0 aliphatic heterocycles. The number of hydrogen-bond acceptors (Lipinski definition) is 3. The molecule has 4 aliphatic carbocycles. The van der Waals surface area contributed by atoms with Crippen LogP contribution in [0.3, 0.4) is 0 Å². The van der Waals surface area contributed by atoms with E-state index in [2.05, 4.69) is 11.9 Å². The molecule has 5 rings (SSSR count). The van der Waals surface area contributed by atoms with Crippen molar-refractivity contribution in [1.29, 1.82) is 0 Å². The summed E-state index contributed by atoms with van der Waals surface area (Å²) >= 11 is 1.64. The maximum Gasteiger partial charge on any atom is 0.168 e. The Morgan fingerprint density at radius 2 is 1.86 bits per heavy atom. The third-order valence-electron chi connectivity index (χ3n) is 5.99. The quantitative estimate of drug-likeness (QED) is 0.796. The SMILES string of the molecule is C[C@H](Sc1nccn1C)C(=O)C12CC3CC(CC(C3)C1)C2. The number of aromatic nitrogens is 2. The van der Waals surface area contributed by atoms with Crippen molar-refractivity contribution in [1.82, 2.24) is 9.55 Å². The fourth-order valence-electron chi connectivity index (χ4n) is 5.52. The zero-order valence-corrected chi connectivity index (χ0v) is 13.7. The van der Waals surface area contributed by atoms with E-state index in [9.17, 15) is 4.79 Å². The molecule has 4 saturated carbocycles. The summed E-state index contributed by atoms with van der Waals surface area (Å²) < 4.78 is 2.01. The van der Waals surface area contributed by atoms with Gasteiger partial charge in [-0.25, -0.2) is 4.98 Å². The van der Waals surface area contributed by atoms with Crippen LogP contribution in [0.1, 0.15) is 45.4 Å². The molecule has 3 nitrogen and oxygen atoms in total. The molecule has 1 heterocycles. The van der Waals surface area contributed by atoms with Crippen molar-refractivity contribution >= 4 is 17.5 Å². The Kier molecular flexibility index (Phi) is 3.21. The van der Waals surface area contributed by atoms with Gasteiger partial charge in [0.25, 0.3) is 0 Å². The molecule has 0 amide bonds. The monoisotopic (exact) mass is 304 g/mol. The van der Waals surface area contributed by atoms with Crippen molar-refractivity contribution in [2.45, 2.75) is 55.9 Å². The third-order valence-corrected chi connectivity index (χ3v) is 7.16. The van der Waals surface area contributed by atoms with Gasteiger partial charge in [0.2, 0.25) is 0 Å². The molecule has 0 spiro atoms. The minimum atomic E-state index is 0.0202. The second kappa shape index (κ2) is 4.87. The van der Waals surface area contributed by atoms with Crippen molar-refractivity contribution in [3.63, 3.8) is 0 Å². The minimum absolute atomic E-state index is 0.0202. The molecule has 4 aliphatic rings. The molecule has 4 fully saturated rings. The van der Waals surface area contributed by atoms with Crippen LogP contribution in [0.15, 0.2) is 17.6 Å². The zero-order chi connectivity index (χ0) is 14.6. The molecule has 4 heteroatoms. The van der Waals surface area contributed by atoms with Gasteiger partial charge in [-0.2, -0.15) is 0 Å². The summed E-state index contributed by atoms with van der Waals surface area (Å²) in [5.74, 6) is 3.02. The fraction of sp³-hybridized carbons (Fsp3) is 0.765. The highest BCUT2D eigenvalue weighted by Gasteiger charge is 2.55. The lowest BCUT2D eigenvalue weighted by atomic mass is 9.48. The van der Waals surface area contributed by atoms with E-state index in [1.807, 2.05) is 24.0 Å². The Labute approximate surface area is 130 Å². The summed E-state index contributed by atoms with van der Waals surface area (Å²) in [6.45, 7) is 2.08. The number of imidazole rings is 1. The van der Waals surface area contributed by atoms with E-state index in [0.29, 0.717) is 5.78 Å². The van der Waals surface area contributed by atoms with Gasteiger partial charge < -0.3 is 4.57 Å². The first-order valence-corrected chi connectivity index (χ1v) is 9.12. The Morgan fingerprint density at radius 1 is 1.29 bits per heavy atom. The summed E-state index contributed by atoms with van der Waals surface area (Å²) in [6.07, 6.45) is 11.5. The van der Waals surface area contributed by atoms with Crippen LogP contribution in [0.25, 0.3) is 0 Å². The number of hydrogen-bond donors (Lipinski definition) is 0. The van der Waals surface area contributed by atoms with Crippen LogP contribution in [0.5, 0.6) is 0 Å². The van der Waals surface area contributed by atoms with E-state index < -0.39 is 0 Å². The van der Waals surface area contributed by atoms with Crippen molar-refractivity contribution < 1.29 is 4.79 Å². The van der Waals surface area contributed by atoms with Gasteiger partial charge in [0.15, 0.2) is 10.9 Å². The Bertz CT molecular complexity index is 530. The van der Waals surface area contributed by atoms with E-state index in [1.54, 1.807) is 11.8 Å². The number of ketones is 1. The minimum Gasteiger partial charge on any atom is -0.329 e. The highest BCUT2D eigenvalue weighted by molar-refractivity contribution is 8.00. The normalized spacial score (nSPS) is 38.7. The Balaban J connectivity index is 1.53. The second-order valence-electron chi connectivity index (χ2n) is 7.64. The third kappa shape index (κ3) is 2.26. The predicted molar refractivity (Wildman–Crippen MR) is 84.1 cm³/mol. The molecule has 0 aromatic carbocycles. The number of thioether (sulfide) groups is 1. The average molecular weight is 304 g/mol.